The average molecular weight is 1420 g/mol. The molecule has 20 aromatic rings. The van der Waals surface area contributed by atoms with Crippen LogP contribution in [0.25, 0.3) is 199 Å². The van der Waals surface area contributed by atoms with Gasteiger partial charge in [0, 0.05) is 81.0 Å². The van der Waals surface area contributed by atoms with Crippen LogP contribution in [0, 0.1) is 0 Å². The van der Waals surface area contributed by atoms with Gasteiger partial charge in [-0.05, 0) is 109 Å². The highest BCUT2D eigenvalue weighted by Gasteiger charge is 2.22. The second-order valence-electron chi connectivity index (χ2n) is 27.2. The molecule has 0 bridgehead atoms. The standard InChI is InChI=1S/C51H33N3O.C51H33N3S/c2*1-5-15-34(16-6-1)36-27-29-39(30-28-36)50-52-49(38-21-11-4-12-22-38)53-51(54-50)41-24-13-23-40(31-41)43-25-14-26-44-46-33-42(35-17-7-2-8-18-35)32-45(48(46)55-47(43)44)37-19-9-3-10-20-37/h2*1-33H. The number of aromatic nitrogens is 6. The third-order valence-corrected chi connectivity index (χ3v) is 21.6. The van der Waals surface area contributed by atoms with E-state index >= 15 is 0 Å². The Kier molecular flexibility index (Phi) is 17.8. The van der Waals surface area contributed by atoms with E-state index in [1.807, 2.05) is 90.2 Å². The Balaban J connectivity index is 0.000000149. The van der Waals surface area contributed by atoms with Gasteiger partial charge in [-0.2, -0.15) is 0 Å². The first-order valence-corrected chi connectivity index (χ1v) is 37.7. The zero-order valence-electron chi connectivity index (χ0n) is 59.6. The molecule has 0 atom stereocenters. The van der Waals surface area contributed by atoms with Crippen molar-refractivity contribution in [2.45, 2.75) is 0 Å². The third kappa shape index (κ3) is 13.3. The summed E-state index contributed by atoms with van der Waals surface area (Å²) in [6.45, 7) is 0. The predicted octanol–water partition coefficient (Wildman–Crippen LogP) is 27.3. The molecule has 0 saturated heterocycles. The summed E-state index contributed by atoms with van der Waals surface area (Å²) in [7, 11) is 0. The summed E-state index contributed by atoms with van der Waals surface area (Å²) in [5.41, 5.74) is 25.6. The van der Waals surface area contributed by atoms with Crippen molar-refractivity contribution < 1.29 is 4.42 Å². The molecule has 16 aromatic carbocycles. The molecule has 7 nitrogen and oxygen atoms in total. The number of hydrogen-bond acceptors (Lipinski definition) is 8. The lowest BCUT2D eigenvalue weighted by atomic mass is 9.95. The zero-order valence-corrected chi connectivity index (χ0v) is 60.4. The van der Waals surface area contributed by atoms with Crippen molar-refractivity contribution >= 4 is 53.4 Å². The summed E-state index contributed by atoms with van der Waals surface area (Å²) in [6.07, 6.45) is 0. The first kappa shape index (κ1) is 66.3. The Labute approximate surface area is 641 Å². The van der Waals surface area contributed by atoms with E-state index in [1.165, 1.54) is 64.7 Å². The molecule has 0 radical (unpaired) electrons. The predicted molar refractivity (Wildman–Crippen MR) is 456 cm³/mol. The summed E-state index contributed by atoms with van der Waals surface area (Å²) in [6, 6.07) is 140. The van der Waals surface area contributed by atoms with E-state index in [0.29, 0.717) is 34.9 Å². The number of fused-ring (bicyclic) bond motifs is 6. The van der Waals surface area contributed by atoms with Crippen LogP contribution in [0.1, 0.15) is 0 Å². The molecule has 0 amide bonds. The molecule has 0 unspecified atom stereocenters. The van der Waals surface area contributed by atoms with E-state index < -0.39 is 0 Å². The molecule has 0 fully saturated rings. The lowest BCUT2D eigenvalue weighted by Crippen LogP contribution is -2.00. The minimum Gasteiger partial charge on any atom is -0.455 e. The van der Waals surface area contributed by atoms with Gasteiger partial charge in [0.1, 0.15) is 11.2 Å². The second-order valence-corrected chi connectivity index (χ2v) is 28.2. The van der Waals surface area contributed by atoms with Gasteiger partial charge in [-0.15, -0.1) is 11.3 Å². The molecule has 0 aliphatic rings. The lowest BCUT2D eigenvalue weighted by Gasteiger charge is -2.10. The van der Waals surface area contributed by atoms with Crippen molar-refractivity contribution in [3.05, 3.63) is 400 Å². The van der Waals surface area contributed by atoms with Crippen LogP contribution in [0.2, 0.25) is 0 Å². The molecule has 4 aromatic heterocycles. The number of nitrogens with zero attached hydrogens (tertiary/aromatic N) is 6. The molecular formula is C102H66N6OS. The van der Waals surface area contributed by atoms with Crippen LogP contribution in [0.15, 0.2) is 405 Å². The maximum Gasteiger partial charge on any atom is 0.164 e. The van der Waals surface area contributed by atoms with Crippen LogP contribution in [0.4, 0.5) is 0 Å². The summed E-state index contributed by atoms with van der Waals surface area (Å²) in [5.74, 6) is 3.78. The van der Waals surface area contributed by atoms with Crippen molar-refractivity contribution in [3.8, 4) is 157 Å². The molecule has 0 N–H and O–H groups in total. The Bertz CT molecular complexity index is 6290. The van der Waals surface area contributed by atoms with Crippen LogP contribution in [-0.4, -0.2) is 29.9 Å². The normalized spacial score (nSPS) is 11.3. The van der Waals surface area contributed by atoms with Gasteiger partial charge in [0.2, 0.25) is 0 Å². The molecule has 0 aliphatic heterocycles. The first-order valence-electron chi connectivity index (χ1n) is 36.9. The maximum absolute atomic E-state index is 6.91. The highest BCUT2D eigenvalue weighted by molar-refractivity contribution is 7.27. The number of rotatable bonds is 14. The maximum atomic E-state index is 6.91. The molecule has 4 heterocycles. The van der Waals surface area contributed by atoms with Gasteiger partial charge in [0.05, 0.1) is 0 Å². The van der Waals surface area contributed by atoms with E-state index in [4.69, 9.17) is 34.3 Å². The van der Waals surface area contributed by atoms with Crippen LogP contribution < -0.4 is 0 Å². The molecule has 0 saturated carbocycles. The minimum atomic E-state index is 0.605. The van der Waals surface area contributed by atoms with Crippen molar-refractivity contribution in [2.75, 3.05) is 0 Å². The van der Waals surface area contributed by atoms with Gasteiger partial charge in [-0.1, -0.05) is 364 Å². The third-order valence-electron chi connectivity index (χ3n) is 20.3. The fraction of sp³-hybridized carbons (Fsp3) is 0. The first-order chi connectivity index (χ1) is 54.5. The molecule has 0 spiro atoms. The van der Waals surface area contributed by atoms with Gasteiger partial charge in [0.25, 0.3) is 0 Å². The van der Waals surface area contributed by atoms with Gasteiger partial charge < -0.3 is 4.42 Å². The number of furan rings is 1. The molecular weight excluding hydrogens is 1360 g/mol. The number of benzene rings is 16. The number of thiophene rings is 1. The number of para-hydroxylation sites is 1. The fourth-order valence-electron chi connectivity index (χ4n) is 14.8. The molecule has 110 heavy (non-hydrogen) atoms. The largest absolute Gasteiger partial charge is 0.455 e. The lowest BCUT2D eigenvalue weighted by molar-refractivity contribution is 0.671. The van der Waals surface area contributed by atoms with Crippen LogP contribution in [0.5, 0.6) is 0 Å². The molecule has 8 heteroatoms. The van der Waals surface area contributed by atoms with E-state index in [0.717, 1.165) is 99.8 Å². The van der Waals surface area contributed by atoms with Gasteiger partial charge in [-0.25, -0.2) is 29.9 Å². The zero-order chi connectivity index (χ0) is 73.1. The van der Waals surface area contributed by atoms with Crippen molar-refractivity contribution in [3.63, 3.8) is 0 Å². The van der Waals surface area contributed by atoms with Crippen molar-refractivity contribution in [1.29, 1.82) is 0 Å². The van der Waals surface area contributed by atoms with E-state index in [-0.39, 0.29) is 0 Å². The van der Waals surface area contributed by atoms with Crippen LogP contribution >= 0.6 is 11.3 Å². The average Bonchev–Trinajstić information content (AvgIpc) is 1.59. The SMILES string of the molecule is c1ccc(-c2ccc(-c3nc(-c4ccccc4)nc(-c4cccc(-c5cccc6c5oc5c(-c7ccccc7)cc(-c7ccccc7)cc56)c4)n3)cc2)cc1.c1ccc(-c2ccc(-c3nc(-c4ccccc4)nc(-c4cccc(-c5cccc6c5sc5c(-c7ccccc7)cc(-c7ccccc7)cc56)c4)n3)cc2)cc1. The molecule has 0 aliphatic carbocycles. The Hall–Kier alpha value is -14.4. The summed E-state index contributed by atoms with van der Waals surface area (Å²) >= 11 is 1.87. The summed E-state index contributed by atoms with van der Waals surface area (Å²) < 4.78 is 9.46. The quantitative estimate of drug-likeness (QED) is 0.107. The summed E-state index contributed by atoms with van der Waals surface area (Å²) in [4.78, 5) is 30.2. The van der Waals surface area contributed by atoms with Crippen molar-refractivity contribution in [2.24, 2.45) is 0 Å². The topological polar surface area (TPSA) is 90.5 Å². The Morgan fingerprint density at radius 1 is 0.155 bits per heavy atom. The van der Waals surface area contributed by atoms with E-state index in [9.17, 15) is 0 Å². The van der Waals surface area contributed by atoms with E-state index in [1.54, 1.807) is 0 Å². The van der Waals surface area contributed by atoms with Gasteiger partial charge in [0.15, 0.2) is 34.9 Å². The Morgan fingerprint density at radius 2 is 0.427 bits per heavy atom. The smallest absolute Gasteiger partial charge is 0.164 e. The van der Waals surface area contributed by atoms with Crippen LogP contribution in [-0.2, 0) is 0 Å². The molecule has 516 valence electrons. The monoisotopic (exact) mass is 1420 g/mol. The minimum absolute atomic E-state index is 0.605. The second kappa shape index (κ2) is 29.5. The van der Waals surface area contributed by atoms with Crippen molar-refractivity contribution in [1.82, 2.24) is 29.9 Å². The Morgan fingerprint density at radius 3 is 0.864 bits per heavy atom. The summed E-state index contributed by atoms with van der Waals surface area (Å²) in [5, 5.41) is 4.68. The van der Waals surface area contributed by atoms with Crippen LogP contribution in [0.3, 0.4) is 0 Å². The molecule has 20 rings (SSSR count). The van der Waals surface area contributed by atoms with Gasteiger partial charge in [-0.3, -0.25) is 0 Å². The van der Waals surface area contributed by atoms with Gasteiger partial charge >= 0.3 is 0 Å². The highest BCUT2D eigenvalue weighted by Crippen LogP contribution is 2.48. The number of hydrogen-bond donors (Lipinski definition) is 0. The highest BCUT2D eigenvalue weighted by atomic mass is 32.1. The van der Waals surface area contributed by atoms with E-state index in [2.05, 4.69) is 322 Å². The fourth-order valence-corrected chi connectivity index (χ4v) is 16.1.